The molecule has 0 saturated carbocycles. The van der Waals surface area contributed by atoms with Gasteiger partial charge in [-0.05, 0) is 29.7 Å². The van der Waals surface area contributed by atoms with Crippen molar-refractivity contribution in [3.63, 3.8) is 0 Å². The summed E-state index contributed by atoms with van der Waals surface area (Å²) in [6.45, 7) is 4.82. The molecule has 1 aliphatic heterocycles. The average Bonchev–Trinajstić information content (AvgIpc) is 1.85. The molecule has 0 aromatic carbocycles. The molecular formula is C5H7IS2. The van der Waals surface area contributed by atoms with Gasteiger partial charge in [-0.25, -0.2) is 0 Å². The molecule has 0 bridgehead atoms. The Hall–Kier alpha value is 1.04. The number of hydrogen-bond donors (Lipinski definition) is 0. The maximum absolute atomic E-state index is 2.47. The highest BCUT2D eigenvalue weighted by atomic mass is 127. The SMILES string of the molecule is CC1=CC(C)=S(I)S1. The minimum atomic E-state index is 0.463. The summed E-state index contributed by atoms with van der Waals surface area (Å²) < 4.78 is 0. The van der Waals surface area contributed by atoms with E-state index in [4.69, 9.17) is 0 Å². The second kappa shape index (κ2) is 2.75. The fraction of sp³-hybridized carbons (Fsp3) is 0.400. The minimum absolute atomic E-state index is 0.463. The van der Waals surface area contributed by atoms with Gasteiger partial charge in [-0.15, -0.1) is 0 Å². The van der Waals surface area contributed by atoms with E-state index in [0.717, 1.165) is 0 Å². The number of rotatable bonds is 0. The van der Waals surface area contributed by atoms with E-state index in [1.807, 2.05) is 10.8 Å². The molecule has 0 saturated heterocycles. The smallest absolute Gasteiger partial charge is 0.00113 e. The first-order chi connectivity index (χ1) is 3.70. The molecule has 1 unspecified atom stereocenters. The molecule has 1 aliphatic rings. The van der Waals surface area contributed by atoms with Crippen LogP contribution in [0, 0.1) is 0 Å². The molecular weight excluding hydrogens is 251 g/mol. The van der Waals surface area contributed by atoms with Crippen molar-refractivity contribution < 1.29 is 0 Å². The van der Waals surface area contributed by atoms with Crippen LogP contribution in [-0.4, -0.2) is 4.86 Å². The fourth-order valence-electron chi connectivity index (χ4n) is 0.538. The summed E-state index contributed by atoms with van der Waals surface area (Å²) in [7, 11) is 1.97. The van der Waals surface area contributed by atoms with Crippen molar-refractivity contribution in [1.29, 1.82) is 0 Å². The molecule has 0 amide bonds. The predicted octanol–water partition coefficient (Wildman–Crippen LogP) is 3.36. The van der Waals surface area contributed by atoms with Crippen LogP contribution in [-0.2, 0) is 0 Å². The van der Waals surface area contributed by atoms with Gasteiger partial charge in [0.1, 0.15) is 0 Å². The first-order valence-corrected chi connectivity index (χ1v) is 7.41. The summed E-state index contributed by atoms with van der Waals surface area (Å²) >= 11 is 2.47. The van der Waals surface area contributed by atoms with E-state index in [1.54, 1.807) is 0 Å². The van der Waals surface area contributed by atoms with Gasteiger partial charge in [-0.2, -0.15) is 0 Å². The molecule has 1 heterocycles. The van der Waals surface area contributed by atoms with Crippen molar-refractivity contribution in [3.05, 3.63) is 11.0 Å². The van der Waals surface area contributed by atoms with Gasteiger partial charge in [0.25, 0.3) is 0 Å². The van der Waals surface area contributed by atoms with E-state index < -0.39 is 0 Å². The van der Waals surface area contributed by atoms with E-state index in [1.165, 1.54) is 9.77 Å². The summed E-state index contributed by atoms with van der Waals surface area (Å²) in [6.07, 6.45) is 2.26. The Morgan fingerprint density at radius 1 is 1.62 bits per heavy atom. The Morgan fingerprint density at radius 2 is 2.25 bits per heavy atom. The third-order valence-corrected chi connectivity index (χ3v) is 7.73. The minimum Gasteiger partial charge on any atom is -0.0583 e. The maximum atomic E-state index is 2.47. The van der Waals surface area contributed by atoms with Crippen LogP contribution < -0.4 is 0 Å². The number of hydrogen-bond acceptors (Lipinski definition) is 1. The van der Waals surface area contributed by atoms with Gasteiger partial charge in [0, 0.05) is 21.2 Å². The predicted molar refractivity (Wildman–Crippen MR) is 53.6 cm³/mol. The standard InChI is InChI=1S/C5H7IS2/c1-4-3-5(2)8(6)7-4/h3H,1-2H3. The molecule has 0 fully saturated rings. The lowest BCUT2D eigenvalue weighted by atomic mass is 10.4. The molecule has 0 aromatic heterocycles. The monoisotopic (exact) mass is 258 g/mol. The van der Waals surface area contributed by atoms with Gasteiger partial charge < -0.3 is 0 Å². The van der Waals surface area contributed by atoms with Gasteiger partial charge in [0.05, 0.1) is 0 Å². The first kappa shape index (κ1) is 7.15. The summed E-state index contributed by atoms with van der Waals surface area (Å²) in [4.78, 5) is 2.98. The highest BCUT2D eigenvalue weighted by Crippen LogP contribution is 2.48. The largest absolute Gasteiger partial charge is 0.0583 e. The lowest BCUT2D eigenvalue weighted by Gasteiger charge is -1.89. The van der Waals surface area contributed by atoms with E-state index in [-0.39, 0.29) is 0 Å². The number of halogens is 1. The van der Waals surface area contributed by atoms with E-state index in [2.05, 4.69) is 41.1 Å². The zero-order valence-electron chi connectivity index (χ0n) is 4.77. The maximum Gasteiger partial charge on any atom is 0.00113 e. The van der Waals surface area contributed by atoms with Crippen LogP contribution in [0.2, 0.25) is 0 Å². The van der Waals surface area contributed by atoms with E-state index >= 15 is 0 Å². The van der Waals surface area contributed by atoms with Crippen molar-refractivity contribution in [2.24, 2.45) is 0 Å². The zero-order valence-corrected chi connectivity index (χ0v) is 8.56. The molecule has 0 nitrogen and oxygen atoms in total. The summed E-state index contributed by atoms with van der Waals surface area (Å²) in [5, 5.41) is 0. The van der Waals surface area contributed by atoms with Crippen LogP contribution >= 0.6 is 38.7 Å². The second-order valence-electron chi connectivity index (χ2n) is 1.67. The topological polar surface area (TPSA) is 0 Å². The average molecular weight is 258 g/mol. The molecule has 8 heavy (non-hydrogen) atoms. The van der Waals surface area contributed by atoms with E-state index in [9.17, 15) is 0 Å². The normalized spacial score (nSPS) is 28.6. The zero-order chi connectivity index (χ0) is 6.15. The van der Waals surface area contributed by atoms with Gasteiger partial charge >= 0.3 is 0 Å². The highest BCUT2D eigenvalue weighted by molar-refractivity contribution is 14.2. The molecule has 3 heteroatoms. The summed E-state index contributed by atoms with van der Waals surface area (Å²) in [5.74, 6) is 0. The van der Waals surface area contributed by atoms with Crippen molar-refractivity contribution in [1.82, 2.24) is 0 Å². The van der Waals surface area contributed by atoms with Gasteiger partial charge in [-0.1, -0.05) is 17.5 Å². The Kier molecular flexibility index (Phi) is 2.46. The van der Waals surface area contributed by atoms with Crippen LogP contribution in [0.5, 0.6) is 0 Å². The van der Waals surface area contributed by atoms with Crippen molar-refractivity contribution >= 4 is 43.6 Å². The van der Waals surface area contributed by atoms with Gasteiger partial charge in [0.15, 0.2) is 0 Å². The highest BCUT2D eigenvalue weighted by Gasteiger charge is 2.04. The molecule has 0 radical (unpaired) electrons. The molecule has 1 atom stereocenters. The quantitative estimate of drug-likeness (QED) is 0.364. The Balaban J connectivity index is 2.79. The summed E-state index contributed by atoms with van der Waals surface area (Å²) in [6, 6.07) is 0. The van der Waals surface area contributed by atoms with Crippen LogP contribution in [0.15, 0.2) is 11.0 Å². The number of allylic oxidation sites excluding steroid dienone is 2. The molecule has 46 valence electrons. The van der Waals surface area contributed by atoms with E-state index in [0.29, 0.717) is 6.69 Å². The first-order valence-electron chi connectivity index (χ1n) is 2.31. The third-order valence-electron chi connectivity index (χ3n) is 0.864. The summed E-state index contributed by atoms with van der Waals surface area (Å²) in [5.41, 5.74) is 0. The van der Waals surface area contributed by atoms with Crippen LogP contribution in [0.25, 0.3) is 0 Å². The Morgan fingerprint density at radius 3 is 2.38 bits per heavy atom. The molecule has 0 N–H and O–H groups in total. The Labute approximate surface area is 68.0 Å². The molecule has 0 aromatic rings. The van der Waals surface area contributed by atoms with Crippen molar-refractivity contribution in [2.75, 3.05) is 0 Å². The second-order valence-corrected chi connectivity index (χ2v) is 9.51. The van der Waals surface area contributed by atoms with Gasteiger partial charge in [0.2, 0.25) is 0 Å². The van der Waals surface area contributed by atoms with Crippen LogP contribution in [0.4, 0.5) is 0 Å². The van der Waals surface area contributed by atoms with Crippen LogP contribution in [0.3, 0.4) is 0 Å². The third kappa shape index (κ3) is 1.51. The fourth-order valence-corrected chi connectivity index (χ4v) is 5.78. The lowest BCUT2D eigenvalue weighted by molar-refractivity contribution is 1.71. The lowest BCUT2D eigenvalue weighted by Crippen LogP contribution is -1.73. The van der Waals surface area contributed by atoms with Crippen molar-refractivity contribution in [3.8, 4) is 0 Å². The van der Waals surface area contributed by atoms with Gasteiger partial charge in [-0.3, -0.25) is 0 Å². The molecule has 0 spiro atoms. The molecule has 0 aliphatic carbocycles. The Bertz CT molecular complexity index is 169. The molecule has 1 rings (SSSR count). The van der Waals surface area contributed by atoms with Crippen molar-refractivity contribution in [2.45, 2.75) is 13.8 Å². The van der Waals surface area contributed by atoms with Crippen LogP contribution in [0.1, 0.15) is 13.8 Å².